The summed E-state index contributed by atoms with van der Waals surface area (Å²) in [6.45, 7) is 0. The van der Waals surface area contributed by atoms with Gasteiger partial charge >= 0.3 is 0 Å². The van der Waals surface area contributed by atoms with E-state index in [9.17, 15) is 0 Å². The van der Waals surface area contributed by atoms with E-state index in [1.165, 1.54) is 15.5 Å². The van der Waals surface area contributed by atoms with Gasteiger partial charge in [0.15, 0.2) is 0 Å². The van der Waals surface area contributed by atoms with Gasteiger partial charge in [-0.25, -0.2) is 4.98 Å². The van der Waals surface area contributed by atoms with Gasteiger partial charge in [-0.15, -0.1) is 11.3 Å². The topological polar surface area (TPSA) is 16.1 Å². The molecule has 0 unspecified atom stereocenters. The number of nitrogens with zero attached hydrogens (tertiary/aromatic N) is 2. The van der Waals surface area contributed by atoms with Crippen LogP contribution in [0.4, 0.5) is 17.1 Å². The summed E-state index contributed by atoms with van der Waals surface area (Å²) in [5.74, 6) is 0. The summed E-state index contributed by atoms with van der Waals surface area (Å²) in [5.41, 5.74) is 5.65. The predicted molar refractivity (Wildman–Crippen MR) is 137 cm³/mol. The molecule has 0 atom stereocenters. The molecule has 0 saturated heterocycles. The second kappa shape index (κ2) is 7.95. The molecule has 1 heterocycles. The van der Waals surface area contributed by atoms with Gasteiger partial charge in [-0.05, 0) is 65.4 Å². The van der Waals surface area contributed by atoms with Crippen LogP contribution in [-0.2, 0) is 0 Å². The van der Waals surface area contributed by atoms with Crippen LogP contribution in [0.15, 0.2) is 121 Å². The van der Waals surface area contributed by atoms with Gasteiger partial charge < -0.3 is 4.90 Å². The Morgan fingerprint density at radius 3 is 1.88 bits per heavy atom. The average Bonchev–Trinajstić information content (AvgIpc) is 3.30. The van der Waals surface area contributed by atoms with Crippen molar-refractivity contribution in [3.63, 3.8) is 0 Å². The molecule has 152 valence electrons. The van der Waals surface area contributed by atoms with Gasteiger partial charge in [0.1, 0.15) is 5.01 Å². The quantitative estimate of drug-likeness (QED) is 0.279. The molecule has 2 nitrogen and oxygen atoms in total. The minimum atomic E-state index is 1.06. The van der Waals surface area contributed by atoms with E-state index in [4.69, 9.17) is 4.98 Å². The van der Waals surface area contributed by atoms with E-state index in [2.05, 4.69) is 120 Å². The largest absolute Gasteiger partial charge is 0.310 e. The Labute approximate surface area is 191 Å². The van der Waals surface area contributed by atoms with Crippen LogP contribution in [0.2, 0.25) is 0 Å². The Balaban J connectivity index is 1.43. The van der Waals surface area contributed by atoms with Crippen molar-refractivity contribution < 1.29 is 0 Å². The predicted octanol–water partition coefficient (Wildman–Crippen LogP) is 8.59. The van der Waals surface area contributed by atoms with Gasteiger partial charge in [-0.2, -0.15) is 0 Å². The highest BCUT2D eigenvalue weighted by molar-refractivity contribution is 7.21. The molecule has 0 N–H and O–H groups in total. The first-order valence-corrected chi connectivity index (χ1v) is 11.5. The Hall–Kier alpha value is -3.95. The van der Waals surface area contributed by atoms with Gasteiger partial charge in [-0.1, -0.05) is 66.7 Å². The second-order valence-corrected chi connectivity index (χ2v) is 8.77. The molecule has 5 aromatic carbocycles. The van der Waals surface area contributed by atoms with E-state index < -0.39 is 0 Å². The van der Waals surface area contributed by atoms with E-state index in [1.807, 2.05) is 6.07 Å². The van der Waals surface area contributed by atoms with Crippen molar-refractivity contribution in [2.75, 3.05) is 4.90 Å². The van der Waals surface area contributed by atoms with E-state index in [-0.39, 0.29) is 0 Å². The summed E-state index contributed by atoms with van der Waals surface area (Å²) in [5, 5.41) is 3.49. The first kappa shape index (κ1) is 18.8. The van der Waals surface area contributed by atoms with Gasteiger partial charge in [0.2, 0.25) is 0 Å². The van der Waals surface area contributed by atoms with Crippen molar-refractivity contribution in [3.05, 3.63) is 121 Å². The summed E-state index contributed by atoms with van der Waals surface area (Å²) < 4.78 is 1.22. The summed E-state index contributed by atoms with van der Waals surface area (Å²) in [4.78, 5) is 7.12. The molecule has 0 fully saturated rings. The fourth-order valence-corrected chi connectivity index (χ4v) is 5.06. The number of thiazole rings is 1. The van der Waals surface area contributed by atoms with Gasteiger partial charge in [0.25, 0.3) is 0 Å². The molecule has 0 aliphatic carbocycles. The lowest BCUT2D eigenvalue weighted by molar-refractivity contribution is 1.29. The maximum absolute atomic E-state index is 4.83. The molecule has 1 aromatic heterocycles. The van der Waals surface area contributed by atoms with Crippen LogP contribution in [-0.4, -0.2) is 4.98 Å². The molecule has 0 saturated carbocycles. The van der Waals surface area contributed by atoms with Crippen molar-refractivity contribution in [1.82, 2.24) is 4.98 Å². The SMILES string of the molecule is c1ccc(N(c2ccccc2)c2ccc3cc(-c4nc5ccccc5s4)ccc3c2)cc1. The number of benzene rings is 5. The van der Waals surface area contributed by atoms with Gasteiger partial charge in [0.05, 0.1) is 10.2 Å². The molecule has 0 aliphatic heterocycles. The lowest BCUT2D eigenvalue weighted by atomic mass is 10.1. The fourth-order valence-electron chi connectivity index (χ4n) is 4.10. The maximum atomic E-state index is 4.83. The Morgan fingerprint density at radius 1 is 0.531 bits per heavy atom. The van der Waals surface area contributed by atoms with Crippen LogP contribution in [0.5, 0.6) is 0 Å². The number of fused-ring (bicyclic) bond motifs is 2. The van der Waals surface area contributed by atoms with Crippen LogP contribution in [0.1, 0.15) is 0 Å². The number of anilines is 3. The van der Waals surface area contributed by atoms with Gasteiger partial charge in [-0.3, -0.25) is 0 Å². The van der Waals surface area contributed by atoms with E-state index >= 15 is 0 Å². The smallest absolute Gasteiger partial charge is 0.124 e. The minimum Gasteiger partial charge on any atom is -0.310 e. The van der Waals surface area contributed by atoms with Crippen LogP contribution < -0.4 is 4.90 Å². The first-order chi connectivity index (χ1) is 15.8. The Kier molecular flexibility index (Phi) is 4.67. The molecule has 6 aromatic rings. The average molecular weight is 429 g/mol. The van der Waals surface area contributed by atoms with Crippen molar-refractivity contribution >= 4 is 49.4 Å². The first-order valence-electron chi connectivity index (χ1n) is 10.7. The third kappa shape index (κ3) is 3.43. The zero-order valence-electron chi connectivity index (χ0n) is 17.3. The highest BCUT2D eigenvalue weighted by Gasteiger charge is 2.13. The minimum absolute atomic E-state index is 1.06. The summed E-state index contributed by atoms with van der Waals surface area (Å²) >= 11 is 1.74. The van der Waals surface area contributed by atoms with Crippen LogP contribution in [0.3, 0.4) is 0 Å². The zero-order valence-corrected chi connectivity index (χ0v) is 18.2. The molecular weight excluding hydrogens is 408 g/mol. The zero-order chi connectivity index (χ0) is 21.3. The molecular formula is C29H20N2S. The van der Waals surface area contributed by atoms with Crippen molar-refractivity contribution in [1.29, 1.82) is 0 Å². The van der Waals surface area contributed by atoms with Crippen molar-refractivity contribution in [3.8, 4) is 10.6 Å². The third-order valence-electron chi connectivity index (χ3n) is 5.65. The van der Waals surface area contributed by atoms with Crippen molar-refractivity contribution in [2.45, 2.75) is 0 Å². The highest BCUT2D eigenvalue weighted by Crippen LogP contribution is 2.37. The normalized spacial score (nSPS) is 11.1. The molecule has 0 radical (unpaired) electrons. The maximum Gasteiger partial charge on any atom is 0.124 e. The number of aromatic nitrogens is 1. The molecule has 0 bridgehead atoms. The molecule has 32 heavy (non-hydrogen) atoms. The Bertz CT molecular complexity index is 1450. The Morgan fingerprint density at radius 2 is 1.16 bits per heavy atom. The van der Waals surface area contributed by atoms with Crippen LogP contribution in [0, 0.1) is 0 Å². The van der Waals surface area contributed by atoms with E-state index in [0.717, 1.165) is 33.1 Å². The standard InChI is InChI=1S/C29H20N2S/c1-3-9-24(10-4-1)31(25-11-5-2-6-12-25)26-18-17-21-19-23(16-15-22(21)20-26)29-30-27-13-7-8-14-28(27)32-29/h1-20H. The summed E-state index contributed by atoms with van der Waals surface area (Å²) in [6, 6.07) is 42.6. The fraction of sp³-hybridized carbons (Fsp3) is 0. The highest BCUT2D eigenvalue weighted by atomic mass is 32.1. The van der Waals surface area contributed by atoms with Crippen molar-refractivity contribution in [2.24, 2.45) is 0 Å². The number of para-hydroxylation sites is 3. The van der Waals surface area contributed by atoms with Crippen LogP contribution in [0.25, 0.3) is 31.6 Å². The molecule has 6 rings (SSSR count). The lowest BCUT2D eigenvalue weighted by Crippen LogP contribution is -2.09. The van der Waals surface area contributed by atoms with E-state index in [0.29, 0.717) is 0 Å². The van der Waals surface area contributed by atoms with Gasteiger partial charge in [0, 0.05) is 22.6 Å². The molecule has 0 aliphatic rings. The molecule has 3 heteroatoms. The number of rotatable bonds is 4. The summed E-state index contributed by atoms with van der Waals surface area (Å²) in [7, 11) is 0. The lowest BCUT2D eigenvalue weighted by Gasteiger charge is -2.25. The third-order valence-corrected chi connectivity index (χ3v) is 6.74. The number of hydrogen-bond donors (Lipinski definition) is 0. The molecule has 0 spiro atoms. The van der Waals surface area contributed by atoms with E-state index in [1.54, 1.807) is 11.3 Å². The van der Waals surface area contributed by atoms with Crippen LogP contribution >= 0.6 is 11.3 Å². The summed E-state index contributed by atoms with van der Waals surface area (Å²) in [6.07, 6.45) is 0. The molecule has 0 amide bonds. The monoisotopic (exact) mass is 428 g/mol. The second-order valence-electron chi connectivity index (χ2n) is 7.74. The number of hydrogen-bond acceptors (Lipinski definition) is 3.